The molecule has 5 heteroatoms. The maximum Gasteiger partial charge on any atom is 0.343 e. The van der Waals surface area contributed by atoms with Crippen LogP contribution in [0.1, 0.15) is 38.5 Å². The van der Waals surface area contributed by atoms with Gasteiger partial charge in [0.15, 0.2) is 0 Å². The van der Waals surface area contributed by atoms with Gasteiger partial charge in [0.2, 0.25) is 0 Å². The minimum absolute atomic E-state index is 0.602. The van der Waals surface area contributed by atoms with Crippen molar-refractivity contribution in [3.05, 3.63) is 0 Å². The van der Waals surface area contributed by atoms with E-state index in [4.69, 9.17) is 0 Å². The van der Waals surface area contributed by atoms with Gasteiger partial charge in [-0.3, -0.25) is 10.9 Å². The number of hydrogen-bond acceptors (Lipinski definition) is 3. The number of hydrazine groups is 2. The SMILES string of the molecule is C1CCCCC1.NNC(=O)NN. The molecule has 0 aliphatic heterocycles. The van der Waals surface area contributed by atoms with E-state index >= 15 is 0 Å². The molecule has 0 unspecified atom stereocenters. The molecule has 12 heavy (non-hydrogen) atoms. The van der Waals surface area contributed by atoms with Crippen molar-refractivity contribution in [2.45, 2.75) is 38.5 Å². The molecule has 0 saturated heterocycles. The molecule has 0 heterocycles. The summed E-state index contributed by atoms with van der Waals surface area (Å²) in [6, 6.07) is -0.602. The van der Waals surface area contributed by atoms with Gasteiger partial charge >= 0.3 is 6.03 Å². The maximum atomic E-state index is 9.71. The van der Waals surface area contributed by atoms with Gasteiger partial charge in [-0.25, -0.2) is 16.5 Å². The van der Waals surface area contributed by atoms with Crippen LogP contribution in [-0.2, 0) is 0 Å². The normalized spacial score (nSPS) is 15.5. The molecule has 0 bridgehead atoms. The van der Waals surface area contributed by atoms with Crippen molar-refractivity contribution in [3.8, 4) is 0 Å². The highest BCUT2D eigenvalue weighted by Crippen LogP contribution is 2.15. The van der Waals surface area contributed by atoms with Gasteiger partial charge in [0.1, 0.15) is 0 Å². The lowest BCUT2D eigenvalue weighted by Crippen LogP contribution is -2.43. The second kappa shape index (κ2) is 8.29. The molecule has 0 aromatic heterocycles. The van der Waals surface area contributed by atoms with Gasteiger partial charge in [-0.1, -0.05) is 38.5 Å². The second-order valence-electron chi connectivity index (χ2n) is 2.74. The first-order valence-corrected chi connectivity index (χ1v) is 4.28. The van der Waals surface area contributed by atoms with Crippen LogP contribution in [0.5, 0.6) is 0 Å². The van der Waals surface area contributed by atoms with E-state index < -0.39 is 6.03 Å². The molecular formula is C7H18N4O. The molecule has 0 aromatic rings. The van der Waals surface area contributed by atoms with Crippen molar-refractivity contribution in [3.63, 3.8) is 0 Å². The quantitative estimate of drug-likeness (QED) is 0.243. The van der Waals surface area contributed by atoms with E-state index in [9.17, 15) is 4.79 Å². The highest BCUT2D eigenvalue weighted by molar-refractivity contribution is 5.72. The van der Waals surface area contributed by atoms with Crippen LogP contribution in [0.25, 0.3) is 0 Å². The topological polar surface area (TPSA) is 93.2 Å². The zero-order chi connectivity index (χ0) is 9.23. The first kappa shape index (κ1) is 11.2. The predicted octanol–water partition coefficient (Wildman–Crippen LogP) is 0.374. The van der Waals surface area contributed by atoms with Crippen LogP contribution in [0, 0.1) is 0 Å². The smallest absolute Gasteiger partial charge is 0.275 e. The summed E-state index contributed by atoms with van der Waals surface area (Å²) in [6.07, 6.45) is 9.00. The van der Waals surface area contributed by atoms with Gasteiger partial charge in [0, 0.05) is 0 Å². The number of carbonyl (C=O) groups is 1. The number of nitrogens with one attached hydrogen (secondary N) is 2. The average molecular weight is 174 g/mol. The summed E-state index contributed by atoms with van der Waals surface area (Å²) in [5, 5.41) is 0. The van der Waals surface area contributed by atoms with Crippen molar-refractivity contribution in [1.82, 2.24) is 10.9 Å². The molecular weight excluding hydrogens is 156 g/mol. The van der Waals surface area contributed by atoms with Crippen molar-refractivity contribution >= 4 is 6.03 Å². The second-order valence-corrected chi connectivity index (χ2v) is 2.74. The summed E-state index contributed by atoms with van der Waals surface area (Å²) in [6.45, 7) is 0. The van der Waals surface area contributed by atoms with Crippen LogP contribution < -0.4 is 22.5 Å². The van der Waals surface area contributed by atoms with E-state index in [1.165, 1.54) is 38.5 Å². The standard InChI is InChI=1S/C6H12.CH6N4O/c1-2-4-6-5-3-1;2-4-1(6)5-3/h1-6H2;2-3H2,(H2,4,5,6). The first-order valence-electron chi connectivity index (χ1n) is 4.28. The fourth-order valence-electron chi connectivity index (χ4n) is 1.10. The van der Waals surface area contributed by atoms with Crippen molar-refractivity contribution in [1.29, 1.82) is 0 Å². The molecule has 1 fully saturated rings. The third-order valence-electron chi connectivity index (χ3n) is 1.76. The molecule has 1 rings (SSSR count). The van der Waals surface area contributed by atoms with Gasteiger partial charge in [-0.05, 0) is 0 Å². The summed E-state index contributed by atoms with van der Waals surface area (Å²) in [5.41, 5.74) is 3.48. The molecule has 1 aliphatic carbocycles. The zero-order valence-electron chi connectivity index (χ0n) is 7.31. The highest BCUT2D eigenvalue weighted by Gasteiger charge is 1.95. The Bertz CT molecular complexity index is 96.5. The Labute approximate surface area is 72.8 Å². The molecule has 0 radical (unpaired) electrons. The van der Waals surface area contributed by atoms with Crippen LogP contribution in [0.4, 0.5) is 4.79 Å². The molecule has 0 atom stereocenters. The van der Waals surface area contributed by atoms with Crippen LogP contribution in [-0.4, -0.2) is 6.03 Å². The average Bonchev–Trinajstić information content (AvgIpc) is 2.20. The van der Waals surface area contributed by atoms with Crippen LogP contribution >= 0.6 is 0 Å². The van der Waals surface area contributed by atoms with E-state index in [1.807, 2.05) is 0 Å². The van der Waals surface area contributed by atoms with Gasteiger partial charge < -0.3 is 0 Å². The Kier molecular flexibility index (Phi) is 7.73. The van der Waals surface area contributed by atoms with E-state index in [-0.39, 0.29) is 0 Å². The summed E-state index contributed by atoms with van der Waals surface area (Å²) < 4.78 is 0. The Morgan fingerprint density at radius 3 is 1.17 bits per heavy atom. The number of amides is 2. The monoisotopic (exact) mass is 174 g/mol. The number of rotatable bonds is 0. The minimum Gasteiger partial charge on any atom is -0.275 e. The molecule has 1 aliphatic rings. The Balaban J connectivity index is 0.000000202. The lowest BCUT2D eigenvalue weighted by atomic mass is 10.0. The Hall–Kier alpha value is -0.810. The molecule has 0 aromatic carbocycles. The molecule has 6 N–H and O–H groups in total. The van der Waals surface area contributed by atoms with Crippen molar-refractivity contribution in [2.24, 2.45) is 11.7 Å². The van der Waals surface area contributed by atoms with Gasteiger partial charge in [-0.15, -0.1) is 0 Å². The molecule has 1 saturated carbocycles. The van der Waals surface area contributed by atoms with E-state index in [1.54, 1.807) is 10.9 Å². The van der Waals surface area contributed by atoms with Crippen molar-refractivity contribution < 1.29 is 4.79 Å². The van der Waals surface area contributed by atoms with Gasteiger partial charge in [0.25, 0.3) is 0 Å². The minimum atomic E-state index is -0.602. The third-order valence-corrected chi connectivity index (χ3v) is 1.76. The number of urea groups is 1. The van der Waals surface area contributed by atoms with Gasteiger partial charge in [0.05, 0.1) is 0 Å². The molecule has 2 amide bonds. The summed E-state index contributed by atoms with van der Waals surface area (Å²) in [5.74, 6) is 9.08. The maximum absolute atomic E-state index is 9.71. The Morgan fingerprint density at radius 1 is 0.833 bits per heavy atom. The summed E-state index contributed by atoms with van der Waals surface area (Å²) >= 11 is 0. The predicted molar refractivity (Wildman–Crippen MR) is 47.7 cm³/mol. The summed E-state index contributed by atoms with van der Waals surface area (Å²) in [4.78, 5) is 9.71. The molecule has 72 valence electrons. The molecule has 0 spiro atoms. The van der Waals surface area contributed by atoms with Gasteiger partial charge in [-0.2, -0.15) is 0 Å². The van der Waals surface area contributed by atoms with Crippen molar-refractivity contribution in [2.75, 3.05) is 0 Å². The zero-order valence-corrected chi connectivity index (χ0v) is 7.31. The number of carbonyl (C=O) groups excluding carboxylic acids is 1. The number of nitrogens with two attached hydrogens (primary N) is 2. The Morgan fingerprint density at radius 2 is 1.08 bits per heavy atom. The lowest BCUT2D eigenvalue weighted by Gasteiger charge is -2.05. The fourth-order valence-corrected chi connectivity index (χ4v) is 1.10. The van der Waals surface area contributed by atoms with E-state index in [2.05, 4.69) is 11.7 Å². The fraction of sp³-hybridized carbons (Fsp3) is 0.857. The first-order chi connectivity index (χ1) is 5.81. The van der Waals surface area contributed by atoms with Crippen LogP contribution in [0.15, 0.2) is 0 Å². The third kappa shape index (κ3) is 7.30. The summed E-state index contributed by atoms with van der Waals surface area (Å²) in [7, 11) is 0. The highest BCUT2D eigenvalue weighted by atomic mass is 16.2. The molecule has 5 nitrogen and oxygen atoms in total. The van der Waals surface area contributed by atoms with E-state index in [0.29, 0.717) is 0 Å². The lowest BCUT2D eigenvalue weighted by molar-refractivity contribution is 0.241. The number of hydrogen-bond donors (Lipinski definition) is 4. The van der Waals surface area contributed by atoms with Crippen LogP contribution in [0.2, 0.25) is 0 Å². The van der Waals surface area contributed by atoms with E-state index in [0.717, 1.165) is 0 Å². The largest absolute Gasteiger partial charge is 0.343 e. The van der Waals surface area contributed by atoms with Crippen LogP contribution in [0.3, 0.4) is 0 Å².